The van der Waals surface area contributed by atoms with Crippen LogP contribution in [0.2, 0.25) is 0 Å². The van der Waals surface area contributed by atoms with Crippen LogP contribution >= 0.6 is 0 Å². The van der Waals surface area contributed by atoms with Crippen molar-refractivity contribution < 1.29 is 19.0 Å². The first-order valence-corrected chi connectivity index (χ1v) is 12.6. The van der Waals surface area contributed by atoms with Crippen molar-refractivity contribution in [3.05, 3.63) is 95.6 Å². The summed E-state index contributed by atoms with van der Waals surface area (Å²) in [6.45, 7) is 5.78. The Morgan fingerprint density at radius 2 is 1.28 bits per heavy atom. The molecular formula is C29H35F2N3O2. The van der Waals surface area contributed by atoms with Crippen LogP contribution in [0.5, 0.6) is 5.75 Å². The summed E-state index contributed by atoms with van der Waals surface area (Å²) in [6, 6.07) is 20.1. The molecule has 1 unspecified atom stereocenters. The van der Waals surface area contributed by atoms with E-state index in [0.29, 0.717) is 13.1 Å². The second-order valence-electron chi connectivity index (χ2n) is 9.52. The van der Waals surface area contributed by atoms with Gasteiger partial charge in [-0.05, 0) is 79.0 Å². The van der Waals surface area contributed by atoms with Crippen LogP contribution in [0.4, 0.5) is 14.5 Å². The number of benzene rings is 3. The Kier molecular flexibility index (Phi) is 9.28. The number of phenols is 1. The highest BCUT2D eigenvalue weighted by atomic mass is 19.1. The van der Waals surface area contributed by atoms with Crippen molar-refractivity contribution in [3.63, 3.8) is 0 Å². The summed E-state index contributed by atoms with van der Waals surface area (Å²) in [7, 11) is 0. The minimum atomic E-state index is -0.475. The van der Waals surface area contributed by atoms with E-state index in [9.17, 15) is 19.0 Å². The molecule has 1 aliphatic rings. The number of phenolic OH excluding ortho intramolecular Hbond substituents is 1. The van der Waals surface area contributed by atoms with Crippen molar-refractivity contribution in [2.75, 3.05) is 51.1 Å². The highest BCUT2D eigenvalue weighted by Crippen LogP contribution is 2.30. The van der Waals surface area contributed by atoms with Crippen LogP contribution in [-0.4, -0.2) is 71.9 Å². The summed E-state index contributed by atoms with van der Waals surface area (Å²) in [5, 5.41) is 23.0. The number of rotatable bonds is 11. The van der Waals surface area contributed by atoms with Crippen molar-refractivity contribution in [1.82, 2.24) is 9.80 Å². The molecule has 4 rings (SSSR count). The van der Waals surface area contributed by atoms with Gasteiger partial charge in [0.25, 0.3) is 0 Å². The molecule has 0 amide bonds. The van der Waals surface area contributed by atoms with Crippen molar-refractivity contribution in [2.24, 2.45) is 0 Å². The second-order valence-corrected chi connectivity index (χ2v) is 9.52. The third-order valence-corrected chi connectivity index (χ3v) is 6.85. The molecule has 3 aromatic rings. The molecule has 0 saturated carbocycles. The molecular weight excluding hydrogens is 460 g/mol. The summed E-state index contributed by atoms with van der Waals surface area (Å²) < 4.78 is 26.9. The van der Waals surface area contributed by atoms with Crippen LogP contribution < -0.4 is 5.32 Å². The predicted octanol–water partition coefficient (Wildman–Crippen LogP) is 4.67. The van der Waals surface area contributed by atoms with E-state index in [-0.39, 0.29) is 23.3 Å². The topological polar surface area (TPSA) is 59.0 Å². The van der Waals surface area contributed by atoms with Crippen molar-refractivity contribution >= 4 is 5.69 Å². The highest BCUT2D eigenvalue weighted by molar-refractivity contribution is 5.46. The fourth-order valence-corrected chi connectivity index (χ4v) is 4.81. The number of halogens is 2. The Balaban J connectivity index is 1.20. The fourth-order valence-electron chi connectivity index (χ4n) is 4.81. The Hall–Kier alpha value is -3.00. The molecule has 0 bridgehead atoms. The molecule has 1 aliphatic heterocycles. The van der Waals surface area contributed by atoms with Gasteiger partial charge < -0.3 is 20.4 Å². The van der Waals surface area contributed by atoms with E-state index >= 15 is 0 Å². The quantitative estimate of drug-likeness (QED) is 0.338. The summed E-state index contributed by atoms with van der Waals surface area (Å²) >= 11 is 0. The van der Waals surface area contributed by atoms with Gasteiger partial charge in [-0.15, -0.1) is 0 Å². The standard InChI is InChI=1S/C29H35F2N3O2/c30-24-7-3-22(4-8-24)29(23-5-9-25(31)10-6-23)2-1-15-33-16-18-34(19-17-33)21-28(36)20-32-26-11-13-27(35)14-12-26/h3-14,28-29,32,35-36H,1-2,15-21H2. The Labute approximate surface area is 212 Å². The molecule has 192 valence electrons. The number of hydrogen-bond acceptors (Lipinski definition) is 5. The van der Waals surface area contributed by atoms with Crippen molar-refractivity contribution in [3.8, 4) is 5.75 Å². The van der Waals surface area contributed by atoms with Crippen LogP contribution in [0.15, 0.2) is 72.8 Å². The molecule has 0 aliphatic carbocycles. The molecule has 1 heterocycles. The first-order valence-electron chi connectivity index (χ1n) is 12.6. The van der Waals surface area contributed by atoms with Gasteiger partial charge in [0.2, 0.25) is 0 Å². The van der Waals surface area contributed by atoms with Gasteiger partial charge in [0, 0.05) is 50.9 Å². The van der Waals surface area contributed by atoms with E-state index in [4.69, 9.17) is 0 Å². The van der Waals surface area contributed by atoms with Gasteiger partial charge in [0.05, 0.1) is 6.10 Å². The van der Waals surface area contributed by atoms with E-state index in [1.54, 1.807) is 24.3 Å². The number of aromatic hydroxyl groups is 1. The summed E-state index contributed by atoms with van der Waals surface area (Å²) in [5.41, 5.74) is 2.96. The third kappa shape index (κ3) is 7.75. The molecule has 36 heavy (non-hydrogen) atoms. The molecule has 0 radical (unpaired) electrons. The van der Waals surface area contributed by atoms with Gasteiger partial charge in [-0.1, -0.05) is 24.3 Å². The van der Waals surface area contributed by atoms with Gasteiger partial charge in [0.1, 0.15) is 17.4 Å². The predicted molar refractivity (Wildman–Crippen MR) is 139 cm³/mol. The zero-order valence-electron chi connectivity index (χ0n) is 20.5. The van der Waals surface area contributed by atoms with E-state index in [0.717, 1.165) is 62.4 Å². The number of hydrogen-bond donors (Lipinski definition) is 3. The molecule has 3 aromatic carbocycles. The maximum Gasteiger partial charge on any atom is 0.123 e. The average molecular weight is 496 g/mol. The van der Waals surface area contributed by atoms with Gasteiger partial charge in [-0.25, -0.2) is 8.78 Å². The highest BCUT2D eigenvalue weighted by Gasteiger charge is 2.20. The number of nitrogens with zero attached hydrogens (tertiary/aromatic N) is 2. The zero-order valence-corrected chi connectivity index (χ0v) is 20.5. The van der Waals surface area contributed by atoms with Crippen LogP contribution in [0.1, 0.15) is 29.9 Å². The SMILES string of the molecule is Oc1ccc(NCC(O)CN2CCN(CCCC(c3ccc(F)cc3)c3ccc(F)cc3)CC2)cc1. The molecule has 1 fully saturated rings. The van der Waals surface area contributed by atoms with Crippen LogP contribution in [0.3, 0.4) is 0 Å². The minimum absolute atomic E-state index is 0.101. The number of piperazine rings is 1. The Morgan fingerprint density at radius 3 is 1.83 bits per heavy atom. The zero-order chi connectivity index (χ0) is 25.3. The Bertz CT molecular complexity index is 1010. The molecule has 0 spiro atoms. The largest absolute Gasteiger partial charge is 0.508 e. The van der Waals surface area contributed by atoms with Gasteiger partial charge in [0.15, 0.2) is 0 Å². The van der Waals surface area contributed by atoms with E-state index in [1.807, 2.05) is 24.3 Å². The average Bonchev–Trinajstić information content (AvgIpc) is 2.89. The van der Waals surface area contributed by atoms with Crippen LogP contribution in [0, 0.1) is 11.6 Å². The molecule has 1 atom stereocenters. The summed E-state index contributed by atoms with van der Waals surface area (Å²) in [5.74, 6) is -0.185. The molecule has 0 aromatic heterocycles. The monoisotopic (exact) mass is 495 g/mol. The fraction of sp³-hybridized carbons (Fsp3) is 0.379. The molecule has 7 heteroatoms. The normalized spacial score (nSPS) is 15.8. The van der Waals surface area contributed by atoms with Gasteiger partial charge in [-0.2, -0.15) is 0 Å². The number of anilines is 1. The lowest BCUT2D eigenvalue weighted by Crippen LogP contribution is -2.49. The lowest BCUT2D eigenvalue weighted by Gasteiger charge is -2.36. The molecule has 1 saturated heterocycles. The van der Waals surface area contributed by atoms with E-state index in [1.165, 1.54) is 24.3 Å². The van der Waals surface area contributed by atoms with E-state index < -0.39 is 6.10 Å². The van der Waals surface area contributed by atoms with Crippen LogP contribution in [-0.2, 0) is 0 Å². The maximum atomic E-state index is 13.5. The third-order valence-electron chi connectivity index (χ3n) is 6.85. The Morgan fingerprint density at radius 1 is 0.750 bits per heavy atom. The van der Waals surface area contributed by atoms with E-state index in [2.05, 4.69) is 15.1 Å². The van der Waals surface area contributed by atoms with Gasteiger partial charge in [-0.3, -0.25) is 4.90 Å². The second kappa shape index (κ2) is 12.8. The first kappa shape index (κ1) is 26.1. The van der Waals surface area contributed by atoms with Gasteiger partial charge >= 0.3 is 0 Å². The molecule has 5 nitrogen and oxygen atoms in total. The number of nitrogens with one attached hydrogen (secondary N) is 1. The lowest BCUT2D eigenvalue weighted by molar-refractivity contribution is 0.0776. The van der Waals surface area contributed by atoms with Crippen molar-refractivity contribution in [1.29, 1.82) is 0 Å². The summed E-state index contributed by atoms with van der Waals surface area (Å²) in [4.78, 5) is 4.74. The smallest absolute Gasteiger partial charge is 0.123 e. The molecule has 3 N–H and O–H groups in total. The number of aliphatic hydroxyl groups is 1. The van der Waals surface area contributed by atoms with Crippen LogP contribution in [0.25, 0.3) is 0 Å². The maximum absolute atomic E-state index is 13.5. The van der Waals surface area contributed by atoms with Crippen molar-refractivity contribution in [2.45, 2.75) is 24.9 Å². The number of aliphatic hydroxyl groups excluding tert-OH is 1. The first-order chi connectivity index (χ1) is 17.5. The minimum Gasteiger partial charge on any atom is -0.508 e. The summed E-state index contributed by atoms with van der Waals surface area (Å²) in [6.07, 6.45) is 1.41. The lowest BCUT2D eigenvalue weighted by atomic mass is 9.87. The number of β-amino-alcohol motifs (C(OH)–C–C–N with tert-alkyl or cyclic N) is 1.